The maximum Gasteiger partial charge on any atom is 0.332 e. The van der Waals surface area contributed by atoms with E-state index in [9.17, 15) is 19.7 Å². The van der Waals surface area contributed by atoms with Crippen LogP contribution in [0.25, 0.3) is 0 Å². The molecule has 1 heterocycles. The fraction of sp³-hybridized carbons (Fsp3) is 0.0769. The van der Waals surface area contributed by atoms with Crippen molar-refractivity contribution in [1.82, 2.24) is 4.57 Å². The molecular weight excluding hydrogens is 248 g/mol. The smallest absolute Gasteiger partial charge is 0.332 e. The lowest BCUT2D eigenvalue weighted by molar-refractivity contribution is -0.386. The Balaban J connectivity index is 2.25. The molecule has 0 unspecified atom stereocenters. The van der Waals surface area contributed by atoms with Crippen LogP contribution in [-0.2, 0) is 6.54 Å². The Hall–Kier alpha value is -2.76. The fourth-order valence-corrected chi connectivity index (χ4v) is 1.63. The second kappa shape index (κ2) is 5.26. The van der Waals surface area contributed by atoms with Crippen LogP contribution in [0.15, 0.2) is 53.6 Å². The standard InChI is InChI=1S/C13H10N2O4/c16-12-6-7-14(8-11(12)15(18)19)9-13(17)10-4-2-1-3-5-10/h1-8H,9H2. The van der Waals surface area contributed by atoms with E-state index in [1.54, 1.807) is 30.3 Å². The minimum Gasteiger partial charge on any atom is -0.340 e. The van der Waals surface area contributed by atoms with Gasteiger partial charge in [-0.1, -0.05) is 30.3 Å². The second-order valence-electron chi connectivity index (χ2n) is 3.91. The molecule has 0 spiro atoms. The first-order valence-electron chi connectivity index (χ1n) is 5.50. The van der Waals surface area contributed by atoms with Gasteiger partial charge >= 0.3 is 5.69 Å². The lowest BCUT2D eigenvalue weighted by Crippen LogP contribution is -2.15. The summed E-state index contributed by atoms with van der Waals surface area (Å²) in [5.41, 5.74) is -0.694. The molecule has 2 aromatic rings. The molecule has 0 fully saturated rings. The third-order valence-corrected chi connectivity index (χ3v) is 2.58. The first kappa shape index (κ1) is 12.7. The first-order chi connectivity index (χ1) is 9.08. The number of rotatable bonds is 4. The van der Waals surface area contributed by atoms with Gasteiger partial charge in [0.2, 0.25) is 0 Å². The SMILES string of the molecule is O=C(Cn1ccc(=O)c([N+](=O)[O-])c1)c1ccccc1. The minimum absolute atomic E-state index is 0.0505. The summed E-state index contributed by atoms with van der Waals surface area (Å²) in [7, 11) is 0. The third-order valence-electron chi connectivity index (χ3n) is 2.58. The summed E-state index contributed by atoms with van der Waals surface area (Å²) in [6, 6.07) is 9.68. The van der Waals surface area contributed by atoms with Crippen molar-refractivity contribution >= 4 is 11.5 Å². The van der Waals surface area contributed by atoms with Crippen LogP contribution in [0.2, 0.25) is 0 Å². The molecule has 0 saturated carbocycles. The number of nitro groups is 1. The fourth-order valence-electron chi connectivity index (χ4n) is 1.63. The van der Waals surface area contributed by atoms with Gasteiger partial charge < -0.3 is 4.57 Å². The van der Waals surface area contributed by atoms with E-state index in [4.69, 9.17) is 0 Å². The monoisotopic (exact) mass is 258 g/mol. The highest BCUT2D eigenvalue weighted by molar-refractivity contribution is 5.95. The predicted octanol–water partition coefficient (Wildman–Crippen LogP) is 1.64. The Labute approximate surface area is 108 Å². The predicted molar refractivity (Wildman–Crippen MR) is 68.1 cm³/mol. The number of Topliss-reactive ketones (excluding diaryl/α,β-unsaturated/α-hetero) is 1. The zero-order valence-electron chi connectivity index (χ0n) is 9.85. The molecule has 2 rings (SSSR count). The largest absolute Gasteiger partial charge is 0.340 e. The van der Waals surface area contributed by atoms with Crippen LogP contribution in [-0.4, -0.2) is 15.3 Å². The highest BCUT2D eigenvalue weighted by atomic mass is 16.6. The van der Waals surface area contributed by atoms with Gasteiger partial charge in [0, 0.05) is 17.8 Å². The summed E-state index contributed by atoms with van der Waals surface area (Å²) in [6.45, 7) is -0.0505. The number of benzene rings is 1. The topological polar surface area (TPSA) is 82.2 Å². The number of ketones is 1. The zero-order valence-corrected chi connectivity index (χ0v) is 9.85. The summed E-state index contributed by atoms with van der Waals surface area (Å²) in [4.78, 5) is 33.0. The van der Waals surface area contributed by atoms with Crippen molar-refractivity contribution in [3.63, 3.8) is 0 Å². The first-order valence-corrected chi connectivity index (χ1v) is 5.50. The van der Waals surface area contributed by atoms with Gasteiger partial charge in [-0.2, -0.15) is 0 Å². The number of carbonyl (C=O) groups is 1. The van der Waals surface area contributed by atoms with E-state index < -0.39 is 16.0 Å². The van der Waals surface area contributed by atoms with Gasteiger partial charge in [0.25, 0.3) is 5.43 Å². The maximum absolute atomic E-state index is 11.9. The number of nitrogens with zero attached hydrogens (tertiary/aromatic N) is 2. The quantitative estimate of drug-likeness (QED) is 0.474. The van der Waals surface area contributed by atoms with E-state index in [-0.39, 0.29) is 12.3 Å². The number of pyridine rings is 1. The molecule has 1 aromatic carbocycles. The van der Waals surface area contributed by atoms with Crippen LogP contribution in [0, 0.1) is 10.1 Å². The molecular formula is C13H10N2O4. The van der Waals surface area contributed by atoms with E-state index in [0.29, 0.717) is 5.56 Å². The number of hydrogen-bond acceptors (Lipinski definition) is 4. The van der Waals surface area contributed by atoms with Crippen molar-refractivity contribution in [2.45, 2.75) is 6.54 Å². The molecule has 0 aliphatic heterocycles. The molecule has 0 saturated heterocycles. The second-order valence-corrected chi connectivity index (χ2v) is 3.91. The molecule has 96 valence electrons. The Morgan fingerprint density at radius 3 is 2.53 bits per heavy atom. The van der Waals surface area contributed by atoms with Crippen LogP contribution in [0.4, 0.5) is 5.69 Å². The average Bonchev–Trinajstić information content (AvgIpc) is 2.41. The maximum atomic E-state index is 11.9. The lowest BCUT2D eigenvalue weighted by atomic mass is 10.1. The summed E-state index contributed by atoms with van der Waals surface area (Å²) >= 11 is 0. The molecule has 6 heteroatoms. The molecule has 1 aromatic heterocycles. The van der Waals surface area contributed by atoms with Crippen LogP contribution in [0.1, 0.15) is 10.4 Å². The summed E-state index contributed by atoms with van der Waals surface area (Å²) in [5, 5.41) is 10.6. The Morgan fingerprint density at radius 2 is 1.89 bits per heavy atom. The van der Waals surface area contributed by atoms with Crippen LogP contribution in [0.5, 0.6) is 0 Å². The Morgan fingerprint density at radius 1 is 1.21 bits per heavy atom. The van der Waals surface area contributed by atoms with Gasteiger partial charge in [0.05, 0.1) is 17.7 Å². The van der Waals surface area contributed by atoms with E-state index in [1.165, 1.54) is 10.8 Å². The Bertz CT molecular complexity index is 677. The van der Waals surface area contributed by atoms with Gasteiger partial charge in [-0.3, -0.25) is 19.7 Å². The molecule has 0 aliphatic carbocycles. The molecule has 0 bridgehead atoms. The average molecular weight is 258 g/mol. The molecule has 0 amide bonds. The molecule has 0 aliphatic rings. The van der Waals surface area contributed by atoms with Crippen molar-refractivity contribution in [3.05, 3.63) is 74.7 Å². The summed E-state index contributed by atoms with van der Waals surface area (Å²) < 4.78 is 1.33. The van der Waals surface area contributed by atoms with Gasteiger partial charge in [-0.05, 0) is 0 Å². The van der Waals surface area contributed by atoms with E-state index in [0.717, 1.165) is 12.3 Å². The Kier molecular flexibility index (Phi) is 3.51. The van der Waals surface area contributed by atoms with Crippen molar-refractivity contribution in [2.75, 3.05) is 0 Å². The third kappa shape index (κ3) is 2.92. The molecule has 0 atom stereocenters. The highest BCUT2D eigenvalue weighted by Gasteiger charge is 2.13. The molecule has 0 radical (unpaired) electrons. The number of hydrogen-bond donors (Lipinski definition) is 0. The highest BCUT2D eigenvalue weighted by Crippen LogP contribution is 2.05. The van der Waals surface area contributed by atoms with Crippen molar-refractivity contribution in [1.29, 1.82) is 0 Å². The van der Waals surface area contributed by atoms with Crippen LogP contribution >= 0.6 is 0 Å². The minimum atomic E-state index is -0.758. The summed E-state index contributed by atoms with van der Waals surface area (Å²) in [5.74, 6) is -0.182. The summed E-state index contributed by atoms with van der Waals surface area (Å²) in [6.07, 6.45) is 2.43. The van der Waals surface area contributed by atoms with Crippen molar-refractivity contribution < 1.29 is 9.72 Å². The van der Waals surface area contributed by atoms with E-state index >= 15 is 0 Å². The van der Waals surface area contributed by atoms with Crippen LogP contribution in [0.3, 0.4) is 0 Å². The zero-order chi connectivity index (χ0) is 13.8. The van der Waals surface area contributed by atoms with Crippen LogP contribution < -0.4 is 5.43 Å². The van der Waals surface area contributed by atoms with E-state index in [2.05, 4.69) is 0 Å². The van der Waals surface area contributed by atoms with Crippen molar-refractivity contribution in [3.8, 4) is 0 Å². The van der Waals surface area contributed by atoms with Crippen molar-refractivity contribution in [2.24, 2.45) is 0 Å². The molecule has 6 nitrogen and oxygen atoms in total. The van der Waals surface area contributed by atoms with Gasteiger partial charge in [0.1, 0.15) is 0 Å². The number of carbonyl (C=O) groups excluding carboxylic acids is 1. The normalized spacial score (nSPS) is 10.1. The van der Waals surface area contributed by atoms with Gasteiger partial charge in [-0.15, -0.1) is 0 Å². The molecule has 19 heavy (non-hydrogen) atoms. The lowest BCUT2D eigenvalue weighted by Gasteiger charge is -2.05. The van der Waals surface area contributed by atoms with Gasteiger partial charge in [-0.25, -0.2) is 0 Å². The van der Waals surface area contributed by atoms with Gasteiger partial charge in [0.15, 0.2) is 5.78 Å². The molecule has 0 N–H and O–H groups in total. The van der Waals surface area contributed by atoms with E-state index in [1.807, 2.05) is 0 Å². The number of aromatic nitrogens is 1.